The van der Waals surface area contributed by atoms with Crippen molar-refractivity contribution in [3.05, 3.63) is 12.3 Å². The Kier molecular flexibility index (Phi) is 1.20. The molecule has 0 atom stereocenters. The van der Waals surface area contributed by atoms with Crippen molar-refractivity contribution in [2.24, 2.45) is 0 Å². The van der Waals surface area contributed by atoms with Crippen LogP contribution in [0.4, 0.5) is 4.79 Å². The number of hydrogen-bond donors (Lipinski definition) is 0. The second-order valence-corrected chi connectivity index (χ2v) is 1.57. The lowest BCUT2D eigenvalue weighted by molar-refractivity contribution is 0.127. The fourth-order valence-electron chi connectivity index (χ4n) is 0.483. The smallest absolute Gasteiger partial charge is 0.413 e. The van der Waals surface area contributed by atoms with Crippen LogP contribution < -0.4 is 0 Å². The van der Waals surface area contributed by atoms with Gasteiger partial charge in [0.15, 0.2) is 0 Å². The van der Waals surface area contributed by atoms with Gasteiger partial charge in [-0.3, -0.25) is 4.90 Å². The highest BCUT2D eigenvalue weighted by atomic mass is 16.6. The van der Waals surface area contributed by atoms with E-state index in [9.17, 15) is 4.79 Å². The zero-order valence-electron chi connectivity index (χ0n) is 4.63. The Labute approximate surface area is 47.5 Å². The highest BCUT2D eigenvalue weighted by molar-refractivity contribution is 5.69. The first-order valence-corrected chi connectivity index (χ1v) is 2.37. The van der Waals surface area contributed by atoms with Crippen LogP contribution in [-0.4, -0.2) is 24.6 Å². The van der Waals surface area contributed by atoms with Crippen molar-refractivity contribution in [2.45, 2.75) is 0 Å². The van der Waals surface area contributed by atoms with Gasteiger partial charge in [-0.15, -0.1) is 0 Å². The molecule has 0 aromatic heterocycles. The molecular weight excluding hydrogens is 106 g/mol. The monoisotopic (exact) mass is 113 g/mol. The van der Waals surface area contributed by atoms with Crippen LogP contribution in [0.5, 0.6) is 0 Å². The second-order valence-electron chi connectivity index (χ2n) is 1.57. The summed E-state index contributed by atoms with van der Waals surface area (Å²) in [6.07, 6.45) is 3.18. The number of ether oxygens (including phenoxy) is 1. The third-order valence-corrected chi connectivity index (χ3v) is 0.920. The minimum absolute atomic E-state index is 0.285. The molecule has 0 radical (unpaired) electrons. The first-order valence-electron chi connectivity index (χ1n) is 2.37. The van der Waals surface area contributed by atoms with Gasteiger partial charge in [-0.2, -0.15) is 0 Å². The Morgan fingerprint density at radius 3 is 3.00 bits per heavy atom. The molecule has 0 aromatic rings. The predicted octanol–water partition coefficient (Wildman–Crippen LogP) is 0.582. The van der Waals surface area contributed by atoms with Crippen LogP contribution in [-0.2, 0) is 4.74 Å². The van der Waals surface area contributed by atoms with Crippen molar-refractivity contribution < 1.29 is 9.53 Å². The summed E-state index contributed by atoms with van der Waals surface area (Å²) in [6.45, 7) is 0.406. The molecule has 1 aliphatic heterocycles. The molecular formula is C5H7NO2. The average Bonchev–Trinajstić information content (AvgIpc) is 1.77. The van der Waals surface area contributed by atoms with Crippen LogP contribution in [0.2, 0.25) is 0 Å². The summed E-state index contributed by atoms with van der Waals surface area (Å²) in [6, 6.07) is 0. The van der Waals surface area contributed by atoms with Crippen molar-refractivity contribution in [1.82, 2.24) is 4.90 Å². The molecule has 3 nitrogen and oxygen atoms in total. The van der Waals surface area contributed by atoms with E-state index in [0.29, 0.717) is 6.61 Å². The number of amides is 1. The lowest BCUT2D eigenvalue weighted by atomic mass is 10.6. The molecule has 0 saturated carbocycles. The summed E-state index contributed by atoms with van der Waals surface area (Å²) >= 11 is 0. The van der Waals surface area contributed by atoms with Gasteiger partial charge >= 0.3 is 6.09 Å². The summed E-state index contributed by atoms with van der Waals surface area (Å²) in [7, 11) is 1.65. The lowest BCUT2D eigenvalue weighted by Gasteiger charge is -2.14. The molecule has 0 saturated heterocycles. The summed E-state index contributed by atoms with van der Waals surface area (Å²) in [5.41, 5.74) is 0. The summed E-state index contributed by atoms with van der Waals surface area (Å²) in [5, 5.41) is 0. The SMILES string of the molecule is CN1C=CCOC1=O. The third-order valence-electron chi connectivity index (χ3n) is 0.920. The van der Waals surface area contributed by atoms with Crippen LogP contribution in [0.15, 0.2) is 12.3 Å². The molecule has 0 fully saturated rings. The van der Waals surface area contributed by atoms with Crippen LogP contribution in [0.3, 0.4) is 0 Å². The molecule has 0 unspecified atom stereocenters. The van der Waals surface area contributed by atoms with Crippen LogP contribution >= 0.6 is 0 Å². The van der Waals surface area contributed by atoms with Gasteiger partial charge in [0, 0.05) is 13.2 Å². The van der Waals surface area contributed by atoms with E-state index in [0.717, 1.165) is 0 Å². The van der Waals surface area contributed by atoms with E-state index in [1.54, 1.807) is 19.3 Å². The molecule has 1 aliphatic rings. The minimum Gasteiger partial charge on any atom is -0.445 e. The first-order chi connectivity index (χ1) is 3.80. The van der Waals surface area contributed by atoms with Gasteiger partial charge in [-0.25, -0.2) is 4.79 Å². The Hall–Kier alpha value is -0.990. The zero-order valence-corrected chi connectivity index (χ0v) is 4.63. The van der Waals surface area contributed by atoms with Crippen molar-refractivity contribution in [3.63, 3.8) is 0 Å². The molecule has 0 aliphatic carbocycles. The predicted molar refractivity (Wildman–Crippen MR) is 28.3 cm³/mol. The van der Waals surface area contributed by atoms with Crippen molar-refractivity contribution in [2.75, 3.05) is 13.7 Å². The van der Waals surface area contributed by atoms with E-state index in [4.69, 9.17) is 0 Å². The molecule has 1 amide bonds. The lowest BCUT2D eigenvalue weighted by Crippen LogP contribution is -2.25. The normalized spacial score (nSPS) is 18.6. The molecule has 1 heterocycles. The quantitative estimate of drug-likeness (QED) is 0.460. The number of hydrogen-bond acceptors (Lipinski definition) is 2. The Bertz CT molecular complexity index is 130. The fourth-order valence-corrected chi connectivity index (χ4v) is 0.483. The first kappa shape index (κ1) is 5.15. The standard InChI is InChI=1S/C5H7NO2/c1-6-3-2-4-8-5(6)7/h2-3H,4H2,1H3. The number of rotatable bonds is 0. The zero-order chi connectivity index (χ0) is 5.98. The largest absolute Gasteiger partial charge is 0.445 e. The van der Waals surface area contributed by atoms with Gasteiger partial charge in [0.05, 0.1) is 0 Å². The molecule has 0 spiro atoms. The van der Waals surface area contributed by atoms with Gasteiger partial charge in [0.1, 0.15) is 6.61 Å². The number of nitrogens with zero attached hydrogens (tertiary/aromatic N) is 1. The highest BCUT2D eigenvalue weighted by Crippen LogP contribution is 1.96. The minimum atomic E-state index is -0.285. The maximum absolute atomic E-state index is 10.4. The average molecular weight is 113 g/mol. The summed E-state index contributed by atoms with van der Waals surface area (Å²) in [4.78, 5) is 11.8. The molecule has 1 rings (SSSR count). The summed E-state index contributed by atoms with van der Waals surface area (Å²) < 4.78 is 4.59. The van der Waals surface area contributed by atoms with Gasteiger partial charge < -0.3 is 4.74 Å². The van der Waals surface area contributed by atoms with Gasteiger partial charge in [0.2, 0.25) is 0 Å². The van der Waals surface area contributed by atoms with Crippen LogP contribution in [0, 0.1) is 0 Å². The van der Waals surface area contributed by atoms with E-state index in [1.807, 2.05) is 0 Å². The molecule has 8 heavy (non-hydrogen) atoms. The maximum Gasteiger partial charge on any atom is 0.413 e. The molecule has 0 aromatic carbocycles. The number of cyclic esters (lactones) is 1. The molecule has 3 heteroatoms. The topological polar surface area (TPSA) is 29.5 Å². The Balaban J connectivity index is 2.60. The fraction of sp³-hybridized carbons (Fsp3) is 0.400. The molecule has 0 bridgehead atoms. The van der Waals surface area contributed by atoms with E-state index in [2.05, 4.69) is 4.74 Å². The van der Waals surface area contributed by atoms with Gasteiger partial charge in [-0.1, -0.05) is 0 Å². The van der Waals surface area contributed by atoms with Crippen molar-refractivity contribution in [1.29, 1.82) is 0 Å². The second kappa shape index (κ2) is 1.86. The highest BCUT2D eigenvalue weighted by Gasteiger charge is 2.08. The van der Waals surface area contributed by atoms with E-state index in [1.165, 1.54) is 4.90 Å². The Morgan fingerprint density at radius 1 is 1.88 bits per heavy atom. The van der Waals surface area contributed by atoms with Crippen LogP contribution in [0.1, 0.15) is 0 Å². The van der Waals surface area contributed by atoms with E-state index >= 15 is 0 Å². The number of carbonyl (C=O) groups excluding carboxylic acids is 1. The van der Waals surface area contributed by atoms with Crippen molar-refractivity contribution >= 4 is 6.09 Å². The van der Waals surface area contributed by atoms with E-state index < -0.39 is 0 Å². The third kappa shape index (κ3) is 0.804. The van der Waals surface area contributed by atoms with E-state index in [-0.39, 0.29) is 6.09 Å². The number of carbonyl (C=O) groups is 1. The van der Waals surface area contributed by atoms with Gasteiger partial charge in [0.25, 0.3) is 0 Å². The molecule has 0 N–H and O–H groups in total. The van der Waals surface area contributed by atoms with Gasteiger partial charge in [-0.05, 0) is 6.08 Å². The van der Waals surface area contributed by atoms with Crippen molar-refractivity contribution in [3.8, 4) is 0 Å². The molecule has 44 valence electrons. The summed E-state index contributed by atoms with van der Waals surface area (Å²) in [5.74, 6) is 0. The van der Waals surface area contributed by atoms with Crippen LogP contribution in [0.25, 0.3) is 0 Å². The Morgan fingerprint density at radius 2 is 2.62 bits per heavy atom. The maximum atomic E-state index is 10.4.